The predicted octanol–water partition coefficient (Wildman–Crippen LogP) is 8.33. The van der Waals surface area contributed by atoms with Crippen molar-refractivity contribution in [1.82, 2.24) is 10.6 Å². The summed E-state index contributed by atoms with van der Waals surface area (Å²) in [5, 5.41) is 24.9. The summed E-state index contributed by atoms with van der Waals surface area (Å²) < 4.78 is 10.6. The molecule has 0 atom stereocenters. The number of nitro groups is 1. The number of carbonyl (C=O) groups excluding carboxylic acids is 2. The molecule has 300 valence electrons. The van der Waals surface area contributed by atoms with Gasteiger partial charge in [0.15, 0.2) is 0 Å². The average Bonchev–Trinajstić information content (AvgIpc) is 3.04. The number of nitrogen functional groups attached to an aromatic ring is 1. The minimum absolute atomic E-state index is 0.00674. The normalized spacial score (nSPS) is 20.2. The van der Waals surface area contributed by atoms with Crippen molar-refractivity contribution in [1.29, 1.82) is 0 Å². The molecule has 0 bridgehead atoms. The van der Waals surface area contributed by atoms with E-state index in [1.807, 2.05) is 59.7 Å². The van der Waals surface area contributed by atoms with Gasteiger partial charge in [-0.25, -0.2) is 9.59 Å². The van der Waals surface area contributed by atoms with E-state index in [2.05, 4.69) is 20.4 Å². The molecule has 5 N–H and O–H groups in total. The molecule has 2 aliphatic heterocycles. The number of carbonyl (C=O) groups is 2. The minimum Gasteiger partial charge on any atom is -0.444 e. The summed E-state index contributed by atoms with van der Waals surface area (Å²) in [5.74, 6) is 0. The van der Waals surface area contributed by atoms with E-state index in [0.717, 1.165) is 96.0 Å². The number of aliphatic hydroxyl groups is 1. The summed E-state index contributed by atoms with van der Waals surface area (Å²) in [5.41, 5.74) is 8.08. The van der Waals surface area contributed by atoms with Crippen LogP contribution in [-0.4, -0.2) is 78.8 Å². The number of piperidine rings is 2. The van der Waals surface area contributed by atoms with Crippen LogP contribution < -0.4 is 26.2 Å². The molecule has 4 fully saturated rings. The topological polar surface area (TPSA) is 173 Å². The Kier molecular flexibility index (Phi) is 13.9. The number of non-ortho nitro benzene ring substituents is 1. The molecule has 2 saturated heterocycles. The van der Waals surface area contributed by atoms with Gasteiger partial charge in [-0.2, -0.15) is 0 Å². The van der Waals surface area contributed by atoms with Gasteiger partial charge in [0.05, 0.1) is 26.3 Å². The number of nitrogens with one attached hydrogen (secondary N) is 2. The van der Waals surface area contributed by atoms with E-state index in [4.69, 9.17) is 43.5 Å². The number of ether oxygens (including phenoxy) is 2. The van der Waals surface area contributed by atoms with Crippen molar-refractivity contribution in [3.8, 4) is 0 Å². The summed E-state index contributed by atoms with van der Waals surface area (Å²) in [6.07, 6.45) is 7.64. The van der Waals surface area contributed by atoms with E-state index in [0.29, 0.717) is 21.1 Å². The second-order valence-electron chi connectivity index (χ2n) is 17.1. The highest BCUT2D eigenvalue weighted by Crippen LogP contribution is 2.51. The lowest BCUT2D eigenvalue weighted by Gasteiger charge is -2.52. The van der Waals surface area contributed by atoms with Gasteiger partial charge in [-0.05, 0) is 128 Å². The Morgan fingerprint density at radius 2 is 1.13 bits per heavy atom. The number of aliphatic hydroxyl groups excluding tert-OH is 1. The molecule has 2 aromatic carbocycles. The molecule has 2 aromatic rings. The monoisotopic (exact) mass is 792 g/mol. The summed E-state index contributed by atoms with van der Waals surface area (Å²) in [7, 11) is 1.00. The van der Waals surface area contributed by atoms with Gasteiger partial charge >= 0.3 is 12.2 Å². The van der Waals surface area contributed by atoms with Gasteiger partial charge < -0.3 is 40.7 Å². The molecule has 0 unspecified atom stereocenters. The van der Waals surface area contributed by atoms with Crippen molar-refractivity contribution < 1.29 is 29.1 Å². The van der Waals surface area contributed by atoms with Gasteiger partial charge in [0.1, 0.15) is 11.2 Å². The van der Waals surface area contributed by atoms with E-state index in [-0.39, 0.29) is 35.4 Å². The molecule has 15 heteroatoms. The van der Waals surface area contributed by atoms with Gasteiger partial charge in [-0.15, -0.1) is 0 Å². The molecule has 6 rings (SSSR count). The van der Waals surface area contributed by atoms with Crippen LogP contribution in [0.5, 0.6) is 0 Å². The number of alkyl carbamates (subject to hydrolysis) is 2. The molecule has 13 nitrogen and oxygen atoms in total. The Bertz CT molecular complexity index is 1610. The summed E-state index contributed by atoms with van der Waals surface area (Å²) in [6.45, 7) is 14.9. The Labute approximate surface area is 329 Å². The highest BCUT2D eigenvalue weighted by molar-refractivity contribution is 6.33. The number of anilines is 3. The molecule has 54 heavy (non-hydrogen) atoms. The van der Waals surface area contributed by atoms with Crippen molar-refractivity contribution in [3.05, 3.63) is 56.6 Å². The van der Waals surface area contributed by atoms with Gasteiger partial charge in [0.2, 0.25) is 0 Å². The summed E-state index contributed by atoms with van der Waals surface area (Å²) in [4.78, 5) is 38.7. The lowest BCUT2D eigenvalue weighted by Crippen LogP contribution is -2.55. The molecular weight excluding hydrogens is 735 g/mol. The second kappa shape index (κ2) is 17.4. The van der Waals surface area contributed by atoms with Crippen molar-refractivity contribution in [3.63, 3.8) is 0 Å². The Hall–Kier alpha value is -3.68. The zero-order valence-electron chi connectivity index (χ0n) is 32.7. The maximum Gasteiger partial charge on any atom is 0.407 e. The number of hydrogen-bond donors (Lipinski definition) is 4. The van der Waals surface area contributed by atoms with E-state index >= 15 is 0 Å². The molecule has 0 aromatic heterocycles. The SMILES string of the molecule is CC(C)(C)OC(=O)NC1CC2(CCN(c3ccc(N)cc3Cl)CC2)C1.CC(C)(C)OC(=O)NC1CC2(CCN(c3ccc([N+](=O)[O-])cc3Cl)CC2)C1.CO. The molecule has 2 saturated carbocycles. The van der Waals surface area contributed by atoms with Gasteiger partial charge in [0.25, 0.3) is 5.69 Å². The van der Waals surface area contributed by atoms with Crippen LogP contribution in [0.2, 0.25) is 10.0 Å². The lowest BCUT2D eigenvalue weighted by molar-refractivity contribution is -0.384. The fourth-order valence-electron chi connectivity index (χ4n) is 8.03. The minimum atomic E-state index is -0.485. The number of nitrogens with two attached hydrogens (primary N) is 1. The Morgan fingerprint density at radius 3 is 1.46 bits per heavy atom. The highest BCUT2D eigenvalue weighted by atomic mass is 35.5. The number of halogens is 2. The van der Waals surface area contributed by atoms with Crippen LogP contribution in [0.3, 0.4) is 0 Å². The van der Waals surface area contributed by atoms with Crippen molar-refractivity contribution >= 4 is 58.1 Å². The third kappa shape index (κ3) is 11.7. The number of nitro benzene ring substituents is 1. The first kappa shape index (κ1) is 43.1. The van der Waals surface area contributed by atoms with E-state index < -0.39 is 16.1 Å². The van der Waals surface area contributed by atoms with E-state index in [1.54, 1.807) is 6.07 Å². The molecule has 0 radical (unpaired) electrons. The van der Waals surface area contributed by atoms with Crippen LogP contribution in [0.4, 0.5) is 32.3 Å². The van der Waals surface area contributed by atoms with Crippen LogP contribution in [0.25, 0.3) is 0 Å². The lowest BCUT2D eigenvalue weighted by atomic mass is 9.60. The number of benzene rings is 2. The van der Waals surface area contributed by atoms with Crippen molar-refractivity contribution in [2.24, 2.45) is 10.8 Å². The maximum atomic E-state index is 11.9. The van der Waals surface area contributed by atoms with Gasteiger partial charge in [-0.3, -0.25) is 10.1 Å². The van der Waals surface area contributed by atoms with Crippen LogP contribution >= 0.6 is 23.2 Å². The van der Waals surface area contributed by atoms with Crippen LogP contribution in [0, 0.1) is 20.9 Å². The van der Waals surface area contributed by atoms with Gasteiger partial charge in [-0.1, -0.05) is 23.2 Å². The third-order valence-electron chi connectivity index (χ3n) is 10.6. The molecule has 2 spiro atoms. The zero-order valence-corrected chi connectivity index (χ0v) is 34.2. The molecular formula is C39H58Cl2N6O7. The summed E-state index contributed by atoms with van der Waals surface area (Å²) >= 11 is 12.6. The standard InChI is InChI=1S/C19H26ClN3O4.C19H28ClN3O2.CH4O/c1-18(2,3)27-17(24)21-13-11-19(12-13)6-8-22(9-7-19)16-5-4-14(23(25)26)10-15(16)20;1-18(2,3)25-17(24)22-14-11-19(12-14)6-8-23(9-7-19)16-5-4-13(21)10-15(16)20;1-2/h4-5,10,13H,6-9,11-12H2,1-3H3,(H,21,24);4-5,10,14H,6-9,11-12,21H2,1-3H3,(H,22,24);2H,1H3. The Morgan fingerprint density at radius 1 is 0.759 bits per heavy atom. The number of hydrogen-bond acceptors (Lipinski definition) is 10. The highest BCUT2D eigenvalue weighted by Gasteiger charge is 2.48. The first-order chi connectivity index (χ1) is 25.2. The quantitative estimate of drug-likeness (QED) is 0.131. The summed E-state index contributed by atoms with van der Waals surface area (Å²) in [6, 6.07) is 10.8. The fourth-order valence-corrected chi connectivity index (χ4v) is 8.63. The fraction of sp³-hybridized carbons (Fsp3) is 0.641. The molecule has 2 aliphatic carbocycles. The van der Waals surface area contributed by atoms with Crippen LogP contribution in [-0.2, 0) is 9.47 Å². The number of rotatable bonds is 5. The number of amides is 2. The third-order valence-corrected chi connectivity index (χ3v) is 11.2. The maximum absolute atomic E-state index is 11.9. The Balaban J connectivity index is 0.000000231. The second-order valence-corrected chi connectivity index (χ2v) is 17.9. The smallest absolute Gasteiger partial charge is 0.407 e. The van der Waals surface area contributed by atoms with E-state index in [9.17, 15) is 19.7 Å². The predicted molar refractivity (Wildman–Crippen MR) is 215 cm³/mol. The molecule has 2 heterocycles. The first-order valence-corrected chi connectivity index (χ1v) is 19.4. The van der Waals surface area contributed by atoms with E-state index in [1.165, 1.54) is 12.1 Å². The largest absolute Gasteiger partial charge is 0.444 e. The molecule has 2 amide bonds. The van der Waals surface area contributed by atoms with Crippen LogP contribution in [0.1, 0.15) is 92.9 Å². The van der Waals surface area contributed by atoms with Crippen LogP contribution in [0.15, 0.2) is 36.4 Å². The average molecular weight is 794 g/mol. The van der Waals surface area contributed by atoms with Gasteiger partial charge in [0, 0.05) is 63.2 Å². The first-order valence-electron chi connectivity index (χ1n) is 18.7. The van der Waals surface area contributed by atoms with Crippen molar-refractivity contribution in [2.45, 2.75) is 116 Å². The van der Waals surface area contributed by atoms with Crippen molar-refractivity contribution in [2.75, 3.05) is 48.8 Å². The zero-order chi connectivity index (χ0) is 40.1. The molecule has 4 aliphatic rings. The number of nitrogens with zero attached hydrogens (tertiary/aromatic N) is 3.